The van der Waals surface area contributed by atoms with Crippen molar-refractivity contribution in [2.75, 3.05) is 32.8 Å². The summed E-state index contributed by atoms with van der Waals surface area (Å²) in [6.45, 7) is 7.27. The van der Waals surface area contributed by atoms with E-state index in [1.807, 2.05) is 29.3 Å². The van der Waals surface area contributed by atoms with Crippen molar-refractivity contribution in [1.29, 1.82) is 0 Å². The maximum Gasteiger partial charge on any atom is 0.318 e. The number of carbonyl (C=O) groups excluding carboxylic acids is 2. The SMILES string of the molecule is C=CCN(CC(=O)N1CCc2sccc2[C@H]1COc1ccc(Cl)cc1)C(=O)NCC. The first kappa shape index (κ1) is 22.2. The van der Waals surface area contributed by atoms with E-state index in [-0.39, 0.29) is 24.5 Å². The molecule has 1 atom stereocenters. The molecule has 0 aliphatic carbocycles. The minimum absolute atomic E-state index is 0.00519. The van der Waals surface area contributed by atoms with E-state index in [2.05, 4.69) is 18.0 Å². The van der Waals surface area contributed by atoms with Crippen molar-refractivity contribution >= 4 is 34.9 Å². The summed E-state index contributed by atoms with van der Waals surface area (Å²) in [5.41, 5.74) is 1.11. The molecule has 1 aliphatic rings. The highest BCUT2D eigenvalue weighted by Crippen LogP contribution is 2.34. The minimum atomic E-state index is -0.270. The number of carbonyl (C=O) groups is 2. The predicted molar refractivity (Wildman–Crippen MR) is 120 cm³/mol. The van der Waals surface area contributed by atoms with Crippen LogP contribution in [0.1, 0.15) is 23.4 Å². The second-order valence-electron chi connectivity index (χ2n) is 6.92. The van der Waals surface area contributed by atoms with E-state index in [9.17, 15) is 9.59 Å². The van der Waals surface area contributed by atoms with Crippen molar-refractivity contribution in [3.8, 4) is 5.75 Å². The zero-order valence-corrected chi connectivity index (χ0v) is 18.5. The first-order chi connectivity index (χ1) is 14.5. The average molecular weight is 448 g/mol. The summed E-state index contributed by atoms with van der Waals surface area (Å²) in [5, 5.41) is 5.44. The van der Waals surface area contributed by atoms with Crippen molar-refractivity contribution in [3.63, 3.8) is 0 Å². The molecule has 3 rings (SSSR count). The molecule has 1 aromatic carbocycles. The van der Waals surface area contributed by atoms with Crippen molar-refractivity contribution in [2.45, 2.75) is 19.4 Å². The number of hydrogen-bond acceptors (Lipinski definition) is 4. The molecule has 2 aromatic rings. The van der Waals surface area contributed by atoms with Crippen LogP contribution in [0.2, 0.25) is 5.02 Å². The topological polar surface area (TPSA) is 61.9 Å². The van der Waals surface area contributed by atoms with Crippen molar-refractivity contribution in [2.24, 2.45) is 0 Å². The molecule has 1 aliphatic heterocycles. The van der Waals surface area contributed by atoms with Crippen LogP contribution in [-0.2, 0) is 11.2 Å². The molecule has 0 bridgehead atoms. The lowest BCUT2D eigenvalue weighted by molar-refractivity contribution is -0.135. The standard InChI is InChI=1S/C22H26ClN3O3S/c1-3-11-25(22(28)24-4-2)14-21(27)26-12-9-20-18(10-13-30-20)19(26)15-29-17-7-5-16(23)6-8-17/h3,5-8,10,13,19H,1,4,9,11-12,14-15H2,2H3,(H,24,28)/t19-/m1/s1. The third-order valence-electron chi connectivity index (χ3n) is 4.93. The lowest BCUT2D eigenvalue weighted by Gasteiger charge is -2.37. The summed E-state index contributed by atoms with van der Waals surface area (Å²) < 4.78 is 5.99. The first-order valence-electron chi connectivity index (χ1n) is 9.91. The van der Waals surface area contributed by atoms with Gasteiger partial charge in [0.05, 0.1) is 6.04 Å². The fraction of sp³-hybridized carbons (Fsp3) is 0.364. The second kappa shape index (κ2) is 10.5. The number of halogens is 1. The summed E-state index contributed by atoms with van der Waals surface area (Å²) in [6.07, 6.45) is 2.43. The smallest absolute Gasteiger partial charge is 0.318 e. The van der Waals surface area contributed by atoms with Crippen molar-refractivity contribution in [1.82, 2.24) is 15.1 Å². The summed E-state index contributed by atoms with van der Waals surface area (Å²) in [7, 11) is 0. The van der Waals surface area contributed by atoms with Gasteiger partial charge >= 0.3 is 6.03 Å². The highest BCUT2D eigenvalue weighted by Gasteiger charge is 2.33. The molecular formula is C22H26ClN3O3S. The molecule has 30 heavy (non-hydrogen) atoms. The van der Waals surface area contributed by atoms with Crippen LogP contribution in [-0.4, -0.2) is 54.5 Å². The second-order valence-corrected chi connectivity index (χ2v) is 8.36. The molecule has 8 heteroatoms. The van der Waals surface area contributed by atoms with Crippen LogP contribution in [0.5, 0.6) is 5.75 Å². The van der Waals surface area contributed by atoms with E-state index >= 15 is 0 Å². The van der Waals surface area contributed by atoms with Gasteiger partial charge < -0.3 is 19.9 Å². The summed E-state index contributed by atoms with van der Waals surface area (Å²) >= 11 is 7.65. The number of hydrogen-bond donors (Lipinski definition) is 1. The molecule has 1 aromatic heterocycles. The van der Waals surface area contributed by atoms with Gasteiger partial charge in [0.2, 0.25) is 5.91 Å². The maximum atomic E-state index is 13.2. The number of amides is 3. The molecule has 160 valence electrons. The molecule has 0 unspecified atom stereocenters. The van der Waals surface area contributed by atoms with Gasteiger partial charge in [-0.2, -0.15) is 0 Å². The molecule has 0 saturated carbocycles. The number of nitrogens with zero attached hydrogens (tertiary/aromatic N) is 2. The largest absolute Gasteiger partial charge is 0.491 e. The van der Waals surface area contributed by atoms with E-state index in [1.165, 1.54) is 9.78 Å². The van der Waals surface area contributed by atoms with Crippen LogP contribution in [0.3, 0.4) is 0 Å². The van der Waals surface area contributed by atoms with Crippen LogP contribution < -0.4 is 10.1 Å². The lowest BCUT2D eigenvalue weighted by Crippen LogP contribution is -2.49. The quantitative estimate of drug-likeness (QED) is 0.619. The number of rotatable bonds is 8. The van der Waals surface area contributed by atoms with Crippen LogP contribution in [0.4, 0.5) is 4.79 Å². The zero-order valence-electron chi connectivity index (χ0n) is 17.0. The lowest BCUT2D eigenvalue weighted by atomic mass is 10.0. The number of urea groups is 1. The van der Waals surface area contributed by atoms with E-state index in [4.69, 9.17) is 16.3 Å². The minimum Gasteiger partial charge on any atom is -0.491 e. The van der Waals surface area contributed by atoms with Gasteiger partial charge in [0.1, 0.15) is 18.9 Å². The summed E-state index contributed by atoms with van der Waals surface area (Å²) in [5.74, 6) is 0.592. The molecule has 0 spiro atoms. The van der Waals surface area contributed by atoms with Crippen LogP contribution in [0, 0.1) is 0 Å². The van der Waals surface area contributed by atoms with Gasteiger partial charge in [-0.05, 0) is 54.6 Å². The fourth-order valence-corrected chi connectivity index (χ4v) is 4.53. The maximum absolute atomic E-state index is 13.2. The van der Waals surface area contributed by atoms with Gasteiger partial charge in [-0.3, -0.25) is 4.79 Å². The molecular weight excluding hydrogens is 422 g/mol. The van der Waals surface area contributed by atoms with Crippen LogP contribution in [0.25, 0.3) is 0 Å². The Morgan fingerprint density at radius 2 is 2.13 bits per heavy atom. The number of thiophene rings is 1. The Hall–Kier alpha value is -2.51. The van der Waals surface area contributed by atoms with Gasteiger partial charge in [0.25, 0.3) is 0 Å². The third-order valence-corrected chi connectivity index (χ3v) is 6.18. The van der Waals surface area contributed by atoms with Crippen LogP contribution >= 0.6 is 22.9 Å². The van der Waals surface area contributed by atoms with Gasteiger partial charge in [-0.1, -0.05) is 17.7 Å². The number of nitrogens with one attached hydrogen (secondary N) is 1. The Kier molecular flexibility index (Phi) is 7.76. The Balaban J connectivity index is 1.75. The number of ether oxygens (including phenoxy) is 1. The zero-order chi connectivity index (χ0) is 21.5. The predicted octanol–water partition coefficient (Wildman–Crippen LogP) is 4.12. The highest BCUT2D eigenvalue weighted by atomic mass is 35.5. The molecule has 0 radical (unpaired) electrons. The monoisotopic (exact) mass is 447 g/mol. The summed E-state index contributed by atoms with van der Waals surface area (Å²) in [4.78, 5) is 30.0. The van der Waals surface area contributed by atoms with Gasteiger partial charge in [-0.25, -0.2) is 4.79 Å². The number of benzene rings is 1. The van der Waals surface area contributed by atoms with E-state index < -0.39 is 0 Å². The number of fused-ring (bicyclic) bond motifs is 1. The molecule has 6 nitrogen and oxygen atoms in total. The van der Waals surface area contributed by atoms with Crippen molar-refractivity contribution in [3.05, 3.63) is 63.8 Å². The Labute approximate surface area is 186 Å². The van der Waals surface area contributed by atoms with Gasteiger partial charge in [-0.15, -0.1) is 17.9 Å². The molecule has 0 saturated heterocycles. The van der Waals surface area contributed by atoms with Crippen LogP contribution in [0.15, 0.2) is 48.4 Å². The molecule has 2 heterocycles. The Bertz CT molecular complexity index is 884. The molecule has 0 fully saturated rings. The Morgan fingerprint density at radius 1 is 1.37 bits per heavy atom. The average Bonchev–Trinajstić information content (AvgIpc) is 3.22. The molecule has 1 N–H and O–H groups in total. The molecule has 3 amide bonds. The normalized spacial score (nSPS) is 15.3. The van der Waals surface area contributed by atoms with Gasteiger partial charge in [0, 0.05) is 29.5 Å². The van der Waals surface area contributed by atoms with E-state index in [0.717, 1.165) is 12.0 Å². The van der Waals surface area contributed by atoms with Crippen molar-refractivity contribution < 1.29 is 14.3 Å². The first-order valence-corrected chi connectivity index (χ1v) is 11.2. The summed E-state index contributed by atoms with van der Waals surface area (Å²) in [6, 6.07) is 8.75. The van der Waals surface area contributed by atoms with E-state index in [1.54, 1.807) is 29.5 Å². The Morgan fingerprint density at radius 3 is 2.83 bits per heavy atom. The third kappa shape index (κ3) is 5.34. The van der Waals surface area contributed by atoms with E-state index in [0.29, 0.717) is 37.0 Å². The highest BCUT2D eigenvalue weighted by molar-refractivity contribution is 7.10. The van der Waals surface area contributed by atoms with Gasteiger partial charge in [0.15, 0.2) is 0 Å². The fourth-order valence-electron chi connectivity index (χ4n) is 3.47.